The van der Waals surface area contributed by atoms with Crippen LogP contribution in [0.25, 0.3) is 0 Å². The highest BCUT2D eigenvalue weighted by molar-refractivity contribution is 6.34. The minimum absolute atomic E-state index is 0.150. The standard InChI is InChI=1S/C15H14ClNO2/c1-2-19-11-8-6-10(7-9-11)15(18)12-4-3-5-13(16)14(12)17/h3-9H,2,17H2,1H3. The molecule has 0 aliphatic carbocycles. The first kappa shape index (κ1) is 13.4. The Morgan fingerprint density at radius 3 is 2.53 bits per heavy atom. The van der Waals surface area contributed by atoms with Crippen LogP contribution in [0.3, 0.4) is 0 Å². The number of rotatable bonds is 4. The number of carbonyl (C=O) groups excluding carboxylic acids is 1. The molecule has 2 rings (SSSR count). The first-order chi connectivity index (χ1) is 9.13. The van der Waals surface area contributed by atoms with Crippen molar-refractivity contribution in [2.45, 2.75) is 6.92 Å². The Hall–Kier alpha value is -2.00. The topological polar surface area (TPSA) is 52.3 Å². The highest BCUT2D eigenvalue weighted by Gasteiger charge is 2.13. The predicted molar refractivity (Wildman–Crippen MR) is 76.9 cm³/mol. The Labute approximate surface area is 117 Å². The van der Waals surface area contributed by atoms with Gasteiger partial charge in [0.1, 0.15) is 5.75 Å². The molecule has 3 nitrogen and oxygen atoms in total. The molecule has 0 atom stereocenters. The van der Waals surface area contributed by atoms with Gasteiger partial charge in [-0.1, -0.05) is 17.7 Å². The molecular formula is C15H14ClNO2. The number of nitrogens with two attached hydrogens (primary N) is 1. The number of hydrogen-bond acceptors (Lipinski definition) is 3. The number of halogens is 1. The molecular weight excluding hydrogens is 262 g/mol. The summed E-state index contributed by atoms with van der Waals surface area (Å²) in [4.78, 5) is 12.3. The second-order valence-electron chi connectivity index (χ2n) is 3.99. The van der Waals surface area contributed by atoms with Crippen molar-refractivity contribution < 1.29 is 9.53 Å². The van der Waals surface area contributed by atoms with Gasteiger partial charge in [-0.3, -0.25) is 4.79 Å². The van der Waals surface area contributed by atoms with Crippen LogP contribution in [0.1, 0.15) is 22.8 Å². The molecule has 0 saturated carbocycles. The first-order valence-corrected chi connectivity index (χ1v) is 6.33. The van der Waals surface area contributed by atoms with E-state index in [1.165, 1.54) is 0 Å². The molecule has 0 radical (unpaired) electrons. The van der Waals surface area contributed by atoms with Crippen molar-refractivity contribution in [2.24, 2.45) is 0 Å². The summed E-state index contributed by atoms with van der Waals surface area (Å²) in [6.45, 7) is 2.50. The molecule has 0 fully saturated rings. The summed E-state index contributed by atoms with van der Waals surface area (Å²) < 4.78 is 5.33. The second-order valence-corrected chi connectivity index (χ2v) is 4.39. The van der Waals surface area contributed by atoms with Crippen LogP contribution in [0.2, 0.25) is 5.02 Å². The summed E-state index contributed by atoms with van der Waals surface area (Å²) in [6.07, 6.45) is 0. The van der Waals surface area contributed by atoms with Crippen molar-refractivity contribution in [2.75, 3.05) is 12.3 Å². The Balaban J connectivity index is 2.31. The minimum Gasteiger partial charge on any atom is -0.494 e. The van der Waals surface area contributed by atoms with E-state index in [9.17, 15) is 4.79 Å². The van der Waals surface area contributed by atoms with Gasteiger partial charge in [0.2, 0.25) is 0 Å². The third kappa shape index (κ3) is 2.88. The number of benzene rings is 2. The number of nitrogen functional groups attached to an aromatic ring is 1. The van der Waals surface area contributed by atoms with Crippen molar-refractivity contribution in [3.63, 3.8) is 0 Å². The molecule has 19 heavy (non-hydrogen) atoms. The summed E-state index contributed by atoms with van der Waals surface area (Å²) in [7, 11) is 0. The molecule has 0 heterocycles. The van der Waals surface area contributed by atoms with E-state index in [-0.39, 0.29) is 5.78 Å². The summed E-state index contributed by atoms with van der Waals surface area (Å²) in [6, 6.07) is 12.0. The summed E-state index contributed by atoms with van der Waals surface area (Å²) in [5.41, 5.74) is 7.10. The SMILES string of the molecule is CCOc1ccc(C(=O)c2cccc(Cl)c2N)cc1. The zero-order valence-corrected chi connectivity index (χ0v) is 11.3. The average molecular weight is 276 g/mol. The zero-order chi connectivity index (χ0) is 13.8. The molecule has 0 aliphatic rings. The van der Waals surface area contributed by atoms with Crippen LogP contribution in [0.5, 0.6) is 5.75 Å². The molecule has 2 N–H and O–H groups in total. The highest BCUT2D eigenvalue weighted by Crippen LogP contribution is 2.25. The van der Waals surface area contributed by atoms with Gasteiger partial charge in [0, 0.05) is 11.1 Å². The Morgan fingerprint density at radius 2 is 1.89 bits per heavy atom. The Bertz CT molecular complexity index is 594. The molecule has 0 spiro atoms. The molecule has 98 valence electrons. The smallest absolute Gasteiger partial charge is 0.195 e. The van der Waals surface area contributed by atoms with E-state index >= 15 is 0 Å². The lowest BCUT2D eigenvalue weighted by molar-refractivity contribution is 0.103. The maximum Gasteiger partial charge on any atom is 0.195 e. The lowest BCUT2D eigenvalue weighted by atomic mass is 10.0. The summed E-state index contributed by atoms with van der Waals surface area (Å²) in [5, 5.41) is 0.386. The number of ether oxygens (including phenoxy) is 1. The van der Waals surface area contributed by atoms with Crippen molar-refractivity contribution in [3.8, 4) is 5.75 Å². The van der Waals surface area contributed by atoms with Gasteiger partial charge in [-0.15, -0.1) is 0 Å². The first-order valence-electron chi connectivity index (χ1n) is 5.95. The van der Waals surface area contributed by atoms with Crippen molar-refractivity contribution >= 4 is 23.1 Å². The van der Waals surface area contributed by atoms with Crippen LogP contribution in [0.4, 0.5) is 5.69 Å². The molecule has 0 unspecified atom stereocenters. The van der Waals surface area contributed by atoms with Gasteiger partial charge in [0.25, 0.3) is 0 Å². The molecule has 2 aromatic rings. The monoisotopic (exact) mass is 275 g/mol. The number of anilines is 1. The highest BCUT2D eigenvalue weighted by atomic mass is 35.5. The maximum atomic E-state index is 12.3. The van der Waals surface area contributed by atoms with Crippen LogP contribution in [0.15, 0.2) is 42.5 Å². The number of ketones is 1. The van der Waals surface area contributed by atoms with Gasteiger partial charge in [-0.25, -0.2) is 0 Å². The van der Waals surface area contributed by atoms with Crippen LogP contribution in [0, 0.1) is 0 Å². The third-order valence-corrected chi connectivity index (χ3v) is 3.05. The van der Waals surface area contributed by atoms with E-state index in [4.69, 9.17) is 22.1 Å². The molecule has 0 aromatic heterocycles. The van der Waals surface area contributed by atoms with Crippen molar-refractivity contribution in [1.29, 1.82) is 0 Å². The molecule has 4 heteroatoms. The van der Waals surface area contributed by atoms with E-state index in [1.807, 2.05) is 6.92 Å². The quantitative estimate of drug-likeness (QED) is 0.686. The average Bonchev–Trinajstić information content (AvgIpc) is 2.42. The summed E-state index contributed by atoms with van der Waals surface area (Å²) >= 11 is 5.91. The maximum absolute atomic E-state index is 12.3. The Morgan fingerprint density at radius 1 is 1.21 bits per heavy atom. The van der Waals surface area contributed by atoms with Gasteiger partial charge in [-0.2, -0.15) is 0 Å². The molecule has 2 aromatic carbocycles. The van der Waals surface area contributed by atoms with Gasteiger partial charge in [-0.05, 0) is 43.3 Å². The van der Waals surface area contributed by atoms with Crippen LogP contribution in [-0.4, -0.2) is 12.4 Å². The number of hydrogen-bond donors (Lipinski definition) is 1. The van der Waals surface area contributed by atoms with Crippen LogP contribution in [-0.2, 0) is 0 Å². The van der Waals surface area contributed by atoms with Gasteiger partial charge >= 0.3 is 0 Å². The van der Waals surface area contributed by atoms with Crippen LogP contribution < -0.4 is 10.5 Å². The molecule has 0 aliphatic heterocycles. The fourth-order valence-corrected chi connectivity index (χ4v) is 1.93. The van der Waals surface area contributed by atoms with Gasteiger partial charge < -0.3 is 10.5 Å². The fraction of sp³-hybridized carbons (Fsp3) is 0.133. The Kier molecular flexibility index (Phi) is 4.07. The molecule has 0 amide bonds. The van der Waals surface area contributed by atoms with Crippen LogP contribution >= 0.6 is 11.6 Å². The van der Waals surface area contributed by atoms with Crippen molar-refractivity contribution in [1.82, 2.24) is 0 Å². The molecule has 0 saturated heterocycles. The summed E-state index contributed by atoms with van der Waals surface area (Å²) in [5.74, 6) is 0.584. The van der Waals surface area contributed by atoms with Crippen molar-refractivity contribution in [3.05, 3.63) is 58.6 Å². The number of carbonyl (C=O) groups is 1. The fourth-order valence-electron chi connectivity index (χ4n) is 1.76. The van der Waals surface area contributed by atoms with E-state index in [2.05, 4.69) is 0 Å². The van der Waals surface area contributed by atoms with E-state index in [0.29, 0.717) is 28.4 Å². The minimum atomic E-state index is -0.150. The van der Waals surface area contributed by atoms with E-state index in [0.717, 1.165) is 5.75 Å². The van der Waals surface area contributed by atoms with Gasteiger partial charge in [0.05, 0.1) is 17.3 Å². The second kappa shape index (κ2) is 5.76. The largest absolute Gasteiger partial charge is 0.494 e. The van der Waals surface area contributed by atoms with E-state index < -0.39 is 0 Å². The normalized spacial score (nSPS) is 10.2. The lowest BCUT2D eigenvalue weighted by Crippen LogP contribution is -2.05. The molecule has 0 bridgehead atoms. The zero-order valence-electron chi connectivity index (χ0n) is 10.5. The predicted octanol–water partition coefficient (Wildman–Crippen LogP) is 3.55. The van der Waals surface area contributed by atoms with Gasteiger partial charge in [0.15, 0.2) is 5.78 Å². The van der Waals surface area contributed by atoms with E-state index in [1.54, 1.807) is 42.5 Å². The number of para-hydroxylation sites is 1. The third-order valence-electron chi connectivity index (χ3n) is 2.73. The lowest BCUT2D eigenvalue weighted by Gasteiger charge is -2.07.